The summed E-state index contributed by atoms with van der Waals surface area (Å²) in [5.74, 6) is 1.63. The van der Waals surface area contributed by atoms with Crippen molar-refractivity contribution < 1.29 is 0 Å². The monoisotopic (exact) mass is 188 g/mol. The fourth-order valence-electron chi connectivity index (χ4n) is 2.42. The maximum atomic E-state index is 4.34. The van der Waals surface area contributed by atoms with Gasteiger partial charge in [0.05, 0.1) is 12.2 Å². The normalized spacial score (nSPS) is 30.9. The van der Waals surface area contributed by atoms with E-state index in [4.69, 9.17) is 0 Å². The van der Waals surface area contributed by atoms with Crippen LogP contribution in [0.25, 0.3) is 0 Å². The Hall–Kier alpha value is -1.05. The number of nitrogens with zero attached hydrogens (tertiary/aromatic N) is 2. The average Bonchev–Trinajstić information content (AvgIpc) is 3.00. The Labute approximate surface area is 85.0 Å². The summed E-state index contributed by atoms with van der Waals surface area (Å²) < 4.78 is 0. The first-order valence-electron chi connectivity index (χ1n) is 5.51. The predicted molar refractivity (Wildman–Crippen MR) is 58.1 cm³/mol. The quantitative estimate of drug-likeness (QED) is 0.616. The number of hydrogen-bond donors (Lipinski definition) is 0. The van der Waals surface area contributed by atoms with Gasteiger partial charge in [-0.2, -0.15) is 0 Å². The largest absolute Gasteiger partial charge is 0.345 e. The second kappa shape index (κ2) is 2.97. The van der Waals surface area contributed by atoms with Gasteiger partial charge in [-0.3, -0.25) is 4.99 Å². The van der Waals surface area contributed by atoms with Crippen molar-refractivity contribution in [2.24, 2.45) is 16.8 Å². The van der Waals surface area contributed by atoms with Crippen LogP contribution in [0.3, 0.4) is 0 Å². The maximum absolute atomic E-state index is 4.34. The van der Waals surface area contributed by atoms with Gasteiger partial charge in [-0.15, -0.1) is 0 Å². The number of rotatable bonds is 1. The molecule has 2 heteroatoms. The minimum atomic E-state index is 0.700. The minimum Gasteiger partial charge on any atom is -0.345 e. The van der Waals surface area contributed by atoms with Gasteiger partial charge >= 0.3 is 0 Å². The molecule has 1 atom stereocenters. The van der Waals surface area contributed by atoms with Crippen LogP contribution in [-0.4, -0.2) is 24.2 Å². The van der Waals surface area contributed by atoms with Gasteiger partial charge in [0.2, 0.25) is 0 Å². The summed E-state index contributed by atoms with van der Waals surface area (Å²) in [6, 6.07) is 0. The first-order chi connectivity index (χ1) is 6.84. The van der Waals surface area contributed by atoms with Crippen molar-refractivity contribution in [1.29, 1.82) is 0 Å². The Morgan fingerprint density at radius 1 is 1.43 bits per heavy atom. The zero-order chi connectivity index (χ0) is 9.54. The molecule has 0 spiro atoms. The molecule has 1 saturated carbocycles. The lowest BCUT2D eigenvalue weighted by atomic mass is 9.92. The summed E-state index contributed by atoms with van der Waals surface area (Å²) in [7, 11) is 0. The van der Waals surface area contributed by atoms with Crippen LogP contribution in [0.5, 0.6) is 0 Å². The molecule has 0 bridgehead atoms. The standard InChI is InChI=1S/C12H16N2/c1-9-8-14-5-4-13-7-11(14)6-12(9)10-2-3-10/h6-8,10,12H,2-5H2,1H3. The first kappa shape index (κ1) is 8.27. The molecule has 14 heavy (non-hydrogen) atoms. The number of allylic oxidation sites excluding steroid dienone is 3. The molecule has 1 aliphatic carbocycles. The summed E-state index contributed by atoms with van der Waals surface area (Å²) in [4.78, 5) is 6.67. The second-order valence-corrected chi connectivity index (χ2v) is 4.56. The van der Waals surface area contributed by atoms with E-state index in [1.54, 1.807) is 0 Å². The Morgan fingerprint density at radius 2 is 2.29 bits per heavy atom. The van der Waals surface area contributed by atoms with Crippen molar-refractivity contribution >= 4 is 6.21 Å². The third-order valence-corrected chi connectivity index (χ3v) is 3.39. The molecular weight excluding hydrogens is 172 g/mol. The van der Waals surface area contributed by atoms with Crippen molar-refractivity contribution in [3.63, 3.8) is 0 Å². The van der Waals surface area contributed by atoms with Gasteiger partial charge in [0, 0.05) is 24.9 Å². The van der Waals surface area contributed by atoms with E-state index < -0.39 is 0 Å². The van der Waals surface area contributed by atoms with Crippen molar-refractivity contribution in [3.05, 3.63) is 23.5 Å². The highest BCUT2D eigenvalue weighted by molar-refractivity contribution is 5.79. The lowest BCUT2D eigenvalue weighted by Gasteiger charge is -2.31. The van der Waals surface area contributed by atoms with Crippen molar-refractivity contribution in [2.45, 2.75) is 19.8 Å². The van der Waals surface area contributed by atoms with E-state index in [-0.39, 0.29) is 0 Å². The molecule has 0 N–H and O–H groups in total. The molecule has 1 fully saturated rings. The van der Waals surface area contributed by atoms with Gasteiger partial charge in [0.15, 0.2) is 0 Å². The van der Waals surface area contributed by atoms with Gasteiger partial charge in [-0.05, 0) is 31.3 Å². The molecule has 2 nitrogen and oxygen atoms in total. The first-order valence-corrected chi connectivity index (χ1v) is 5.51. The fraction of sp³-hybridized carbons (Fsp3) is 0.583. The molecule has 0 amide bonds. The molecule has 0 aromatic rings. The third kappa shape index (κ3) is 1.29. The van der Waals surface area contributed by atoms with Crippen LogP contribution in [0.4, 0.5) is 0 Å². The summed E-state index contributed by atoms with van der Waals surface area (Å²) in [5.41, 5.74) is 2.85. The molecule has 3 aliphatic rings. The Morgan fingerprint density at radius 3 is 3.07 bits per heavy atom. The SMILES string of the molecule is CC1=CN2CCN=CC2=CC1C1CC1. The molecule has 74 valence electrons. The molecule has 1 unspecified atom stereocenters. The summed E-state index contributed by atoms with van der Waals surface area (Å²) in [6.07, 6.45) is 9.59. The molecule has 0 aromatic carbocycles. The highest BCUT2D eigenvalue weighted by atomic mass is 15.2. The van der Waals surface area contributed by atoms with Gasteiger partial charge in [-0.1, -0.05) is 6.08 Å². The van der Waals surface area contributed by atoms with Crippen LogP contribution in [-0.2, 0) is 0 Å². The average molecular weight is 188 g/mol. The third-order valence-electron chi connectivity index (χ3n) is 3.39. The molecule has 3 rings (SSSR count). The predicted octanol–water partition coefficient (Wildman–Crippen LogP) is 2.20. The Balaban J connectivity index is 1.91. The van der Waals surface area contributed by atoms with Crippen LogP contribution in [0.1, 0.15) is 19.8 Å². The summed E-state index contributed by atoms with van der Waals surface area (Å²) >= 11 is 0. The number of hydrogen-bond acceptors (Lipinski definition) is 2. The van der Waals surface area contributed by atoms with Crippen LogP contribution in [0.2, 0.25) is 0 Å². The van der Waals surface area contributed by atoms with Crippen LogP contribution < -0.4 is 0 Å². The van der Waals surface area contributed by atoms with Gasteiger partial charge in [0.1, 0.15) is 0 Å². The maximum Gasteiger partial charge on any atom is 0.0569 e. The molecule has 2 aliphatic heterocycles. The number of aliphatic imine (C=N–C) groups is 1. The highest BCUT2D eigenvalue weighted by Crippen LogP contribution is 2.43. The molecule has 0 aromatic heterocycles. The lowest BCUT2D eigenvalue weighted by Crippen LogP contribution is -2.29. The van der Waals surface area contributed by atoms with E-state index in [1.165, 1.54) is 24.1 Å². The highest BCUT2D eigenvalue weighted by Gasteiger charge is 2.33. The minimum absolute atomic E-state index is 0.700. The van der Waals surface area contributed by atoms with Crippen LogP contribution >= 0.6 is 0 Å². The van der Waals surface area contributed by atoms with Crippen molar-refractivity contribution in [1.82, 2.24) is 4.90 Å². The van der Waals surface area contributed by atoms with E-state index in [2.05, 4.69) is 29.1 Å². The van der Waals surface area contributed by atoms with Crippen molar-refractivity contribution in [3.8, 4) is 0 Å². The second-order valence-electron chi connectivity index (χ2n) is 4.56. The lowest BCUT2D eigenvalue weighted by molar-refractivity contribution is 0.449. The van der Waals surface area contributed by atoms with Crippen LogP contribution in [0, 0.1) is 11.8 Å². The van der Waals surface area contributed by atoms with E-state index in [9.17, 15) is 0 Å². The topological polar surface area (TPSA) is 15.6 Å². The van der Waals surface area contributed by atoms with Crippen LogP contribution in [0.15, 0.2) is 28.5 Å². The Bertz CT molecular complexity index is 334. The number of fused-ring (bicyclic) bond motifs is 1. The molecule has 0 radical (unpaired) electrons. The van der Waals surface area contributed by atoms with E-state index in [0.29, 0.717) is 5.92 Å². The van der Waals surface area contributed by atoms with Gasteiger partial charge < -0.3 is 4.90 Å². The van der Waals surface area contributed by atoms with E-state index >= 15 is 0 Å². The zero-order valence-corrected chi connectivity index (χ0v) is 8.61. The van der Waals surface area contributed by atoms with Crippen molar-refractivity contribution in [2.75, 3.05) is 13.1 Å². The zero-order valence-electron chi connectivity index (χ0n) is 8.61. The van der Waals surface area contributed by atoms with Gasteiger partial charge in [-0.25, -0.2) is 0 Å². The molecule has 2 heterocycles. The Kier molecular flexibility index (Phi) is 1.76. The molecule has 0 saturated heterocycles. The van der Waals surface area contributed by atoms with E-state index in [1.807, 2.05) is 6.21 Å². The van der Waals surface area contributed by atoms with Gasteiger partial charge in [0.25, 0.3) is 0 Å². The summed E-state index contributed by atoms with van der Waals surface area (Å²) in [6.45, 7) is 4.26. The van der Waals surface area contributed by atoms with E-state index in [0.717, 1.165) is 19.0 Å². The molecular formula is C12H16N2. The summed E-state index contributed by atoms with van der Waals surface area (Å²) in [5, 5.41) is 0. The fourth-order valence-corrected chi connectivity index (χ4v) is 2.42. The smallest absolute Gasteiger partial charge is 0.0569 e.